The lowest BCUT2D eigenvalue weighted by Crippen LogP contribution is -2.39. The lowest BCUT2D eigenvalue weighted by molar-refractivity contribution is 0.623. The molecule has 6 nitrogen and oxygen atoms in total. The lowest BCUT2D eigenvalue weighted by atomic mass is 10.2. The van der Waals surface area contributed by atoms with E-state index in [1.54, 1.807) is 23.6 Å². The van der Waals surface area contributed by atoms with Gasteiger partial charge < -0.3 is 4.57 Å². The normalized spacial score (nSPS) is 11.2. The molecule has 142 valence electrons. The molecular weight excluding hydrogens is 366 g/mol. The maximum atomic E-state index is 13.5. The van der Waals surface area contributed by atoms with Gasteiger partial charge in [-0.25, -0.2) is 23.1 Å². The molecule has 0 N–H and O–H groups in total. The van der Waals surface area contributed by atoms with Crippen LogP contribution in [0.3, 0.4) is 0 Å². The second kappa shape index (κ2) is 6.88. The first kappa shape index (κ1) is 17.8. The fourth-order valence-electron chi connectivity index (χ4n) is 3.23. The van der Waals surface area contributed by atoms with Crippen LogP contribution in [0.5, 0.6) is 0 Å². The van der Waals surface area contributed by atoms with Crippen LogP contribution in [0.15, 0.2) is 64.4 Å². The zero-order chi connectivity index (χ0) is 19.8. The monoisotopic (exact) mass is 382 g/mol. The molecule has 4 rings (SSSR count). The summed E-state index contributed by atoms with van der Waals surface area (Å²) < 4.78 is 30.8. The molecule has 4 aromatic rings. The first-order chi connectivity index (χ1) is 13.5. The van der Waals surface area contributed by atoms with Gasteiger partial charge in [0.05, 0.1) is 12.0 Å². The van der Waals surface area contributed by atoms with E-state index in [1.165, 1.54) is 47.3 Å². The highest BCUT2D eigenvalue weighted by Gasteiger charge is 2.18. The number of hydrogen-bond acceptors (Lipinski definition) is 3. The number of imidazole rings is 1. The standard InChI is InChI=1S/C20H16F2N4O2/c1-2-25-19(27)17-18(26(20(25)28)16-8-6-14(21)7-9-16)23-12-24(17)11-13-4-3-5-15(22)10-13/h3-10,12H,2,11H2,1H3. The molecule has 0 radical (unpaired) electrons. The van der Waals surface area contributed by atoms with Crippen molar-refractivity contribution in [3.63, 3.8) is 0 Å². The van der Waals surface area contributed by atoms with E-state index in [9.17, 15) is 18.4 Å². The second-order valence-corrected chi connectivity index (χ2v) is 6.32. The lowest BCUT2D eigenvalue weighted by Gasteiger charge is -2.11. The Morgan fingerprint density at radius 2 is 1.75 bits per heavy atom. The quantitative estimate of drug-likeness (QED) is 0.545. The molecule has 0 aliphatic rings. The van der Waals surface area contributed by atoms with Crippen molar-refractivity contribution in [2.24, 2.45) is 0 Å². The fourth-order valence-corrected chi connectivity index (χ4v) is 3.23. The molecule has 0 saturated heterocycles. The SMILES string of the molecule is CCn1c(=O)c2c(ncn2Cc2cccc(F)c2)n(-c2ccc(F)cc2)c1=O. The van der Waals surface area contributed by atoms with Gasteiger partial charge in [-0.1, -0.05) is 12.1 Å². The van der Waals surface area contributed by atoms with Gasteiger partial charge in [0.25, 0.3) is 5.56 Å². The van der Waals surface area contributed by atoms with E-state index in [1.807, 2.05) is 0 Å². The van der Waals surface area contributed by atoms with Crippen molar-refractivity contribution in [2.75, 3.05) is 0 Å². The highest BCUT2D eigenvalue weighted by molar-refractivity contribution is 5.72. The Balaban J connectivity index is 1.98. The van der Waals surface area contributed by atoms with Gasteiger partial charge in [0.1, 0.15) is 11.6 Å². The summed E-state index contributed by atoms with van der Waals surface area (Å²) in [5.41, 5.74) is 0.408. The van der Waals surface area contributed by atoms with Crippen molar-refractivity contribution in [1.82, 2.24) is 18.7 Å². The molecule has 0 atom stereocenters. The third-order valence-electron chi connectivity index (χ3n) is 4.54. The van der Waals surface area contributed by atoms with E-state index in [4.69, 9.17) is 0 Å². The summed E-state index contributed by atoms with van der Waals surface area (Å²) >= 11 is 0. The molecule has 2 heterocycles. The highest BCUT2D eigenvalue weighted by atomic mass is 19.1. The number of halogens is 2. The number of fused-ring (bicyclic) bond motifs is 1. The fraction of sp³-hybridized carbons (Fsp3) is 0.150. The molecule has 8 heteroatoms. The van der Waals surface area contributed by atoms with Crippen LogP contribution in [0.4, 0.5) is 8.78 Å². The number of nitrogens with zero attached hydrogens (tertiary/aromatic N) is 4. The van der Waals surface area contributed by atoms with Crippen LogP contribution in [-0.4, -0.2) is 18.7 Å². The Bertz CT molecular complexity index is 1290. The topological polar surface area (TPSA) is 61.8 Å². The largest absolute Gasteiger partial charge is 0.337 e. The van der Waals surface area contributed by atoms with E-state index in [0.29, 0.717) is 11.3 Å². The van der Waals surface area contributed by atoms with Crippen LogP contribution in [0.1, 0.15) is 12.5 Å². The van der Waals surface area contributed by atoms with Crippen LogP contribution in [-0.2, 0) is 13.1 Å². The maximum Gasteiger partial charge on any atom is 0.337 e. The summed E-state index contributed by atoms with van der Waals surface area (Å²) in [5.74, 6) is -0.815. The van der Waals surface area contributed by atoms with Gasteiger partial charge in [0.2, 0.25) is 0 Å². The summed E-state index contributed by atoms with van der Waals surface area (Å²) in [6.45, 7) is 2.08. The van der Waals surface area contributed by atoms with Crippen molar-refractivity contribution in [1.29, 1.82) is 0 Å². The number of aromatic nitrogens is 4. The predicted octanol–water partition coefficient (Wildman–Crippen LogP) is 2.70. The summed E-state index contributed by atoms with van der Waals surface area (Å²) in [6, 6.07) is 11.4. The van der Waals surface area contributed by atoms with Crippen LogP contribution in [0.25, 0.3) is 16.9 Å². The third-order valence-corrected chi connectivity index (χ3v) is 4.54. The molecule has 0 spiro atoms. The number of benzene rings is 2. The Hall–Kier alpha value is -3.55. The molecule has 28 heavy (non-hydrogen) atoms. The minimum atomic E-state index is -0.553. The smallest absolute Gasteiger partial charge is 0.320 e. The minimum Gasteiger partial charge on any atom is -0.320 e. The molecule has 0 unspecified atom stereocenters. The molecule has 0 saturated carbocycles. The second-order valence-electron chi connectivity index (χ2n) is 6.32. The molecule has 0 amide bonds. The maximum absolute atomic E-state index is 13.5. The number of rotatable bonds is 4. The average molecular weight is 382 g/mol. The first-order valence-corrected chi connectivity index (χ1v) is 8.70. The van der Waals surface area contributed by atoms with Crippen molar-refractivity contribution in [3.05, 3.63) is 92.9 Å². The molecule has 0 fully saturated rings. The van der Waals surface area contributed by atoms with Gasteiger partial charge in [-0.3, -0.25) is 9.36 Å². The van der Waals surface area contributed by atoms with Crippen molar-refractivity contribution >= 4 is 11.2 Å². The molecule has 0 aliphatic carbocycles. The van der Waals surface area contributed by atoms with Crippen molar-refractivity contribution in [3.8, 4) is 5.69 Å². The van der Waals surface area contributed by atoms with Crippen LogP contribution >= 0.6 is 0 Å². The van der Waals surface area contributed by atoms with E-state index >= 15 is 0 Å². The molecule has 0 bridgehead atoms. The van der Waals surface area contributed by atoms with Crippen molar-refractivity contribution in [2.45, 2.75) is 20.0 Å². The van der Waals surface area contributed by atoms with Gasteiger partial charge in [0, 0.05) is 13.1 Å². The first-order valence-electron chi connectivity index (χ1n) is 8.70. The van der Waals surface area contributed by atoms with E-state index in [-0.39, 0.29) is 30.1 Å². The van der Waals surface area contributed by atoms with Crippen molar-refractivity contribution < 1.29 is 8.78 Å². The molecule has 2 aromatic heterocycles. The molecular formula is C20H16F2N4O2. The third kappa shape index (κ3) is 2.92. The Morgan fingerprint density at radius 1 is 1.00 bits per heavy atom. The van der Waals surface area contributed by atoms with Crippen LogP contribution in [0.2, 0.25) is 0 Å². The number of hydrogen-bond donors (Lipinski definition) is 0. The summed E-state index contributed by atoms with van der Waals surface area (Å²) in [6.07, 6.45) is 1.44. The van der Waals surface area contributed by atoms with E-state index in [2.05, 4.69) is 4.98 Å². The van der Waals surface area contributed by atoms with Gasteiger partial charge in [-0.15, -0.1) is 0 Å². The van der Waals surface area contributed by atoms with Gasteiger partial charge >= 0.3 is 5.69 Å². The van der Waals surface area contributed by atoms with Crippen LogP contribution in [0, 0.1) is 11.6 Å². The summed E-state index contributed by atoms with van der Waals surface area (Å²) in [4.78, 5) is 30.0. The molecule has 2 aromatic carbocycles. The molecule has 0 aliphatic heterocycles. The van der Waals surface area contributed by atoms with Gasteiger partial charge in [0.15, 0.2) is 11.2 Å². The Morgan fingerprint density at radius 3 is 2.43 bits per heavy atom. The average Bonchev–Trinajstić information content (AvgIpc) is 3.07. The zero-order valence-electron chi connectivity index (χ0n) is 15.0. The van der Waals surface area contributed by atoms with Crippen LogP contribution < -0.4 is 11.2 Å². The van der Waals surface area contributed by atoms with E-state index < -0.39 is 17.1 Å². The predicted molar refractivity (Wildman–Crippen MR) is 101 cm³/mol. The summed E-state index contributed by atoms with van der Waals surface area (Å²) in [5, 5.41) is 0. The highest BCUT2D eigenvalue weighted by Crippen LogP contribution is 2.15. The Labute approximate surface area is 157 Å². The van der Waals surface area contributed by atoms with Gasteiger partial charge in [-0.05, 0) is 48.9 Å². The minimum absolute atomic E-state index is 0.167. The van der Waals surface area contributed by atoms with Gasteiger partial charge in [-0.2, -0.15) is 0 Å². The zero-order valence-corrected chi connectivity index (χ0v) is 15.0. The summed E-state index contributed by atoms with van der Waals surface area (Å²) in [7, 11) is 0. The van der Waals surface area contributed by atoms with E-state index in [0.717, 1.165) is 4.57 Å². The Kier molecular flexibility index (Phi) is 4.38.